The van der Waals surface area contributed by atoms with Gasteiger partial charge in [-0.2, -0.15) is 0 Å². The summed E-state index contributed by atoms with van der Waals surface area (Å²) in [5.74, 6) is 0.280. The van der Waals surface area contributed by atoms with Gasteiger partial charge in [0, 0.05) is 5.92 Å². The molecular weight excluding hydrogens is 373 g/mol. The smallest absolute Gasteiger partial charge is 0.221 e. The van der Waals surface area contributed by atoms with Gasteiger partial charge >= 0.3 is 0 Å². The van der Waals surface area contributed by atoms with Crippen molar-refractivity contribution in [2.45, 2.75) is 64.0 Å². The molecule has 4 rings (SSSR count). The third-order valence-corrected chi connectivity index (χ3v) is 6.29. The lowest BCUT2D eigenvalue weighted by molar-refractivity contribution is 0.0498. The van der Waals surface area contributed by atoms with Gasteiger partial charge in [-0.15, -0.1) is 0 Å². The molecular formula is C24H27ClFNO. The molecule has 0 saturated heterocycles. The minimum absolute atomic E-state index is 0.0289. The predicted molar refractivity (Wildman–Crippen MR) is 113 cm³/mol. The van der Waals surface area contributed by atoms with Gasteiger partial charge < -0.3 is 4.74 Å². The maximum Gasteiger partial charge on any atom is 0.221 e. The number of fused-ring (bicyclic) bond motifs is 1. The average Bonchev–Trinajstić information content (AvgIpc) is 2.67. The van der Waals surface area contributed by atoms with Gasteiger partial charge in [-0.05, 0) is 47.9 Å². The molecule has 1 fully saturated rings. The second kappa shape index (κ2) is 7.51. The molecule has 2 aliphatic rings. The Morgan fingerprint density at radius 2 is 1.75 bits per heavy atom. The van der Waals surface area contributed by atoms with E-state index in [4.69, 9.17) is 21.3 Å². The Kier molecular flexibility index (Phi) is 5.22. The molecule has 0 N–H and O–H groups in total. The van der Waals surface area contributed by atoms with Gasteiger partial charge in [0.1, 0.15) is 11.9 Å². The summed E-state index contributed by atoms with van der Waals surface area (Å²) in [6.07, 6.45) is 4.44. The average molecular weight is 400 g/mol. The predicted octanol–water partition coefficient (Wildman–Crippen LogP) is 6.85. The normalized spacial score (nSPS) is 24.9. The van der Waals surface area contributed by atoms with Crippen molar-refractivity contribution in [1.82, 2.24) is 0 Å². The minimum Gasteiger partial charge on any atom is -0.474 e. The standard InChI is InChI=1S/C24H27ClFNO/c1-24(2,3)16-13-11-15(12-14-16)22-17-7-4-5-10-20(17)28-23(27-22)21-18(25)8-6-9-19(21)26/h6,8-9,11-14,17,20,22H,4-5,7,10H2,1-3H3. The summed E-state index contributed by atoms with van der Waals surface area (Å²) in [6, 6.07) is 13.4. The van der Waals surface area contributed by atoms with Crippen LogP contribution in [0.2, 0.25) is 5.02 Å². The number of benzene rings is 2. The highest BCUT2D eigenvalue weighted by Crippen LogP contribution is 2.43. The largest absolute Gasteiger partial charge is 0.474 e. The fourth-order valence-electron chi connectivity index (χ4n) is 4.36. The fourth-order valence-corrected chi connectivity index (χ4v) is 4.60. The van der Waals surface area contributed by atoms with Gasteiger partial charge in [0.05, 0.1) is 16.6 Å². The van der Waals surface area contributed by atoms with Crippen LogP contribution in [0.1, 0.15) is 69.2 Å². The first-order chi connectivity index (χ1) is 13.3. The Hall–Kier alpha value is -1.87. The van der Waals surface area contributed by atoms with Gasteiger partial charge in [-0.3, -0.25) is 0 Å². The molecule has 4 heteroatoms. The Balaban J connectivity index is 1.76. The fraction of sp³-hybridized carbons (Fsp3) is 0.458. The van der Waals surface area contributed by atoms with Crippen LogP contribution in [-0.4, -0.2) is 12.0 Å². The van der Waals surface area contributed by atoms with E-state index in [2.05, 4.69) is 45.0 Å². The maximum atomic E-state index is 14.5. The summed E-state index contributed by atoms with van der Waals surface area (Å²) in [6.45, 7) is 6.64. The van der Waals surface area contributed by atoms with Gasteiger partial charge in [0.2, 0.25) is 5.90 Å². The summed E-state index contributed by atoms with van der Waals surface area (Å²) in [5.41, 5.74) is 2.85. The molecule has 2 aromatic carbocycles. The Bertz CT molecular complexity index is 864. The molecule has 1 heterocycles. The number of aliphatic imine (C=N–C) groups is 1. The first-order valence-electron chi connectivity index (χ1n) is 10.1. The lowest BCUT2D eigenvalue weighted by atomic mass is 9.77. The van der Waals surface area contributed by atoms with Crippen molar-refractivity contribution < 1.29 is 9.13 Å². The van der Waals surface area contributed by atoms with Crippen LogP contribution in [0, 0.1) is 11.7 Å². The van der Waals surface area contributed by atoms with Crippen molar-refractivity contribution in [3.63, 3.8) is 0 Å². The van der Waals surface area contributed by atoms with E-state index in [9.17, 15) is 4.39 Å². The van der Waals surface area contributed by atoms with Crippen LogP contribution >= 0.6 is 11.6 Å². The van der Waals surface area contributed by atoms with E-state index >= 15 is 0 Å². The monoisotopic (exact) mass is 399 g/mol. The highest BCUT2D eigenvalue weighted by molar-refractivity contribution is 6.33. The van der Waals surface area contributed by atoms with E-state index in [1.165, 1.54) is 18.1 Å². The number of ether oxygens (including phenoxy) is 1. The van der Waals surface area contributed by atoms with Crippen LogP contribution in [0.5, 0.6) is 0 Å². The molecule has 28 heavy (non-hydrogen) atoms. The van der Waals surface area contributed by atoms with E-state index in [0.29, 0.717) is 16.8 Å². The van der Waals surface area contributed by atoms with E-state index < -0.39 is 0 Å². The van der Waals surface area contributed by atoms with Gasteiger partial charge in [-0.25, -0.2) is 9.38 Å². The van der Waals surface area contributed by atoms with E-state index in [1.807, 2.05) is 0 Å². The van der Waals surface area contributed by atoms with Gasteiger partial charge in [0.25, 0.3) is 0 Å². The molecule has 0 amide bonds. The van der Waals surface area contributed by atoms with E-state index in [-0.39, 0.29) is 28.9 Å². The topological polar surface area (TPSA) is 21.6 Å². The molecule has 0 spiro atoms. The van der Waals surface area contributed by atoms with Crippen molar-refractivity contribution in [2.75, 3.05) is 0 Å². The van der Waals surface area contributed by atoms with Crippen LogP contribution in [0.25, 0.3) is 0 Å². The van der Waals surface area contributed by atoms with E-state index in [0.717, 1.165) is 24.8 Å². The number of nitrogens with zero attached hydrogens (tertiary/aromatic N) is 1. The first-order valence-corrected chi connectivity index (χ1v) is 10.5. The minimum atomic E-state index is -0.387. The van der Waals surface area contributed by atoms with Crippen LogP contribution in [0.15, 0.2) is 47.5 Å². The van der Waals surface area contributed by atoms with Crippen LogP contribution in [0.3, 0.4) is 0 Å². The van der Waals surface area contributed by atoms with Crippen molar-refractivity contribution in [1.29, 1.82) is 0 Å². The Labute approximate surface area is 171 Å². The van der Waals surface area contributed by atoms with Gasteiger partial charge in [0.15, 0.2) is 0 Å². The molecule has 0 radical (unpaired) electrons. The number of hydrogen-bond donors (Lipinski definition) is 0. The SMILES string of the molecule is CC(C)(C)c1ccc(C2N=C(c3c(F)cccc3Cl)OC3CCCCC32)cc1. The second-order valence-electron chi connectivity index (χ2n) is 8.95. The second-order valence-corrected chi connectivity index (χ2v) is 9.36. The first kappa shape index (κ1) is 19.4. The number of halogens is 2. The van der Waals surface area contributed by atoms with Crippen LogP contribution < -0.4 is 0 Å². The summed E-state index contributed by atoms with van der Waals surface area (Å²) < 4.78 is 20.7. The molecule has 2 aromatic rings. The van der Waals surface area contributed by atoms with Crippen molar-refractivity contribution in [2.24, 2.45) is 10.9 Å². The molecule has 3 unspecified atom stereocenters. The molecule has 1 saturated carbocycles. The lowest BCUT2D eigenvalue weighted by Gasteiger charge is -2.40. The highest BCUT2D eigenvalue weighted by Gasteiger charge is 2.39. The number of hydrogen-bond acceptors (Lipinski definition) is 2. The van der Waals surface area contributed by atoms with Crippen molar-refractivity contribution >= 4 is 17.5 Å². The summed E-state index contributed by atoms with van der Waals surface area (Å²) in [7, 11) is 0. The Morgan fingerprint density at radius 3 is 2.43 bits per heavy atom. The zero-order chi connectivity index (χ0) is 19.9. The summed E-state index contributed by atoms with van der Waals surface area (Å²) in [4.78, 5) is 4.89. The third kappa shape index (κ3) is 3.69. The van der Waals surface area contributed by atoms with E-state index in [1.54, 1.807) is 12.1 Å². The lowest BCUT2D eigenvalue weighted by Crippen LogP contribution is -2.38. The Morgan fingerprint density at radius 1 is 1.04 bits per heavy atom. The maximum absolute atomic E-state index is 14.5. The van der Waals surface area contributed by atoms with Crippen LogP contribution in [0.4, 0.5) is 4.39 Å². The molecule has 148 valence electrons. The molecule has 3 atom stereocenters. The molecule has 1 aliphatic carbocycles. The highest BCUT2D eigenvalue weighted by atomic mass is 35.5. The van der Waals surface area contributed by atoms with Gasteiger partial charge in [-0.1, -0.05) is 69.1 Å². The zero-order valence-electron chi connectivity index (χ0n) is 16.7. The molecule has 0 aromatic heterocycles. The summed E-state index contributed by atoms with van der Waals surface area (Å²) in [5, 5.41) is 0.342. The van der Waals surface area contributed by atoms with Crippen molar-refractivity contribution in [3.05, 3.63) is 70.0 Å². The summed E-state index contributed by atoms with van der Waals surface area (Å²) >= 11 is 6.30. The molecule has 2 nitrogen and oxygen atoms in total. The molecule has 1 aliphatic heterocycles. The zero-order valence-corrected chi connectivity index (χ0v) is 17.5. The number of rotatable bonds is 2. The van der Waals surface area contributed by atoms with Crippen molar-refractivity contribution in [3.8, 4) is 0 Å². The molecule has 0 bridgehead atoms. The van der Waals surface area contributed by atoms with Crippen LogP contribution in [-0.2, 0) is 10.2 Å². The third-order valence-electron chi connectivity index (χ3n) is 5.97. The quantitative estimate of drug-likeness (QED) is 0.540.